The third-order valence-electron chi connectivity index (χ3n) is 11.7. The molecule has 0 saturated carbocycles. The van der Waals surface area contributed by atoms with Crippen molar-refractivity contribution in [3.63, 3.8) is 0 Å². The molecule has 0 unspecified atom stereocenters. The van der Waals surface area contributed by atoms with E-state index in [9.17, 15) is 19.2 Å². The maximum absolute atomic E-state index is 14.0. The highest BCUT2D eigenvalue weighted by Gasteiger charge is 2.41. The summed E-state index contributed by atoms with van der Waals surface area (Å²) < 4.78 is 21.4. The zero-order chi connectivity index (χ0) is 43.7. The Hall–Kier alpha value is -6.16. The van der Waals surface area contributed by atoms with E-state index in [0.29, 0.717) is 24.8 Å². The van der Waals surface area contributed by atoms with Gasteiger partial charge in [0.2, 0.25) is 11.8 Å². The molecule has 5 aromatic rings. The molecule has 0 spiro atoms. The first-order valence-corrected chi connectivity index (χ1v) is 20.8. The van der Waals surface area contributed by atoms with Crippen molar-refractivity contribution in [1.29, 1.82) is 0 Å². The Morgan fingerprint density at radius 2 is 1.66 bits per heavy atom. The first-order valence-electron chi connectivity index (χ1n) is 20.8. The monoisotopic (exact) mass is 836 g/mol. The lowest BCUT2D eigenvalue weighted by Gasteiger charge is -2.32. The van der Waals surface area contributed by atoms with Gasteiger partial charge in [0.25, 0.3) is 0 Å². The molecular weight excluding hydrogens is 781 g/mol. The number of carbonyl (C=O) groups is 4. The molecule has 3 aromatic carbocycles. The molecule has 0 bridgehead atoms. The van der Waals surface area contributed by atoms with Gasteiger partial charge in [0, 0.05) is 30.6 Å². The van der Waals surface area contributed by atoms with Crippen LogP contribution in [-0.2, 0) is 37.0 Å². The number of likely N-dealkylation sites (tertiary alicyclic amines) is 1. The molecule has 61 heavy (non-hydrogen) atoms. The third kappa shape index (κ3) is 8.72. The molecule has 4 amide bonds. The molecule has 2 aliphatic heterocycles. The molecule has 0 radical (unpaired) electrons. The molecule has 4 heterocycles. The number of nitrogens with one attached hydrogen (secondary N) is 4. The molecule has 1 fully saturated rings. The van der Waals surface area contributed by atoms with Crippen LogP contribution in [0.5, 0.6) is 5.75 Å². The summed E-state index contributed by atoms with van der Waals surface area (Å²) in [5.74, 6) is 1.62. The Kier molecular flexibility index (Phi) is 12.5. The average molecular weight is 837 g/mol. The maximum Gasteiger partial charge on any atom is 0.407 e. The zero-order valence-electron chi connectivity index (χ0n) is 36.3. The van der Waals surface area contributed by atoms with Gasteiger partial charge in [-0.25, -0.2) is 19.6 Å². The van der Waals surface area contributed by atoms with Gasteiger partial charge in [-0.3, -0.25) is 9.59 Å². The minimum atomic E-state index is -0.944. The van der Waals surface area contributed by atoms with Crippen LogP contribution in [0, 0.1) is 11.8 Å². The molecule has 16 nitrogen and oxygen atoms in total. The molecule has 16 heteroatoms. The first-order chi connectivity index (χ1) is 29.2. The molecule has 324 valence electrons. The molecule has 4 N–H and O–H groups in total. The number of hydrogen-bond acceptors (Lipinski definition) is 10. The van der Waals surface area contributed by atoms with Gasteiger partial charge in [-0.15, -0.1) is 0 Å². The number of ether oxygens (including phenoxy) is 4. The van der Waals surface area contributed by atoms with Gasteiger partial charge in [0.05, 0.1) is 55.8 Å². The molecule has 5 atom stereocenters. The van der Waals surface area contributed by atoms with Crippen molar-refractivity contribution in [3.05, 3.63) is 65.9 Å². The van der Waals surface area contributed by atoms with E-state index in [1.807, 2.05) is 57.7 Å². The van der Waals surface area contributed by atoms with Crippen molar-refractivity contribution >= 4 is 45.8 Å². The lowest BCUT2D eigenvalue weighted by Crippen LogP contribution is -2.54. The van der Waals surface area contributed by atoms with E-state index >= 15 is 0 Å². The predicted octanol–water partition coefficient (Wildman–Crippen LogP) is 6.84. The van der Waals surface area contributed by atoms with Crippen LogP contribution in [0.15, 0.2) is 48.7 Å². The van der Waals surface area contributed by atoms with E-state index in [4.69, 9.17) is 23.9 Å². The Balaban J connectivity index is 1.13. The summed E-state index contributed by atoms with van der Waals surface area (Å²) in [6.45, 7) is 12.6. The summed E-state index contributed by atoms with van der Waals surface area (Å²) in [5.41, 5.74) is 6.44. The molecule has 2 aromatic heterocycles. The van der Waals surface area contributed by atoms with Crippen molar-refractivity contribution in [2.75, 3.05) is 27.9 Å². The largest absolute Gasteiger partial charge is 0.488 e. The number of aromatic amines is 2. The van der Waals surface area contributed by atoms with Crippen molar-refractivity contribution in [3.8, 4) is 28.1 Å². The van der Waals surface area contributed by atoms with Crippen molar-refractivity contribution in [1.82, 2.24) is 40.4 Å². The normalized spacial score (nSPS) is 17.4. The Morgan fingerprint density at radius 1 is 0.918 bits per heavy atom. The lowest BCUT2D eigenvalue weighted by atomic mass is 9.92. The topological polar surface area (TPSA) is 193 Å². The average Bonchev–Trinajstić information content (AvgIpc) is 4.01. The summed E-state index contributed by atoms with van der Waals surface area (Å²) >= 11 is 0. The molecule has 7 rings (SSSR count). The van der Waals surface area contributed by atoms with Crippen LogP contribution in [-0.4, -0.2) is 106 Å². The maximum atomic E-state index is 14.0. The van der Waals surface area contributed by atoms with Crippen LogP contribution in [0.1, 0.15) is 77.6 Å². The fourth-order valence-electron chi connectivity index (χ4n) is 8.46. The van der Waals surface area contributed by atoms with E-state index in [2.05, 4.69) is 49.9 Å². The predicted molar refractivity (Wildman–Crippen MR) is 229 cm³/mol. The number of imidazole rings is 2. The fraction of sp³-hybridized carbons (Fsp3) is 0.467. The standard InChI is InChI=1S/C45H56N8O8/c1-23(2)20-52(42(54)39(26(6)58-7)51-45(57)60-9)21-37-46-19-34(47-37)28-11-13-30-29(16-28)22-61-36-18-31-27(17-32(30)36)12-14-33-40(31)49-41(48-33)35-15-10-25(5)53(35)43(55)38(24(3)4)50-44(56)59-8/h11-14,16-19,23-26,35,38-39H,10,15,20-22H2,1-9H3,(H,46,47)(H,48,49)(H,50,56)(H,51,57)/t25-,26+,35-,38-,39-/m0/s1. The fourth-order valence-corrected chi connectivity index (χ4v) is 8.46. The number of alkyl carbamates (subject to hydrolysis) is 2. The number of fused-ring (bicyclic) bond motifs is 6. The zero-order valence-corrected chi connectivity index (χ0v) is 36.3. The number of methoxy groups -OCH3 is 3. The van der Waals surface area contributed by atoms with E-state index < -0.39 is 30.4 Å². The highest BCUT2D eigenvalue weighted by atomic mass is 16.5. The van der Waals surface area contributed by atoms with E-state index in [1.54, 1.807) is 18.0 Å². The second kappa shape index (κ2) is 17.8. The van der Waals surface area contributed by atoms with Crippen LogP contribution in [0.25, 0.3) is 44.2 Å². The Bertz CT molecular complexity index is 2440. The van der Waals surface area contributed by atoms with Crippen LogP contribution in [0.4, 0.5) is 9.59 Å². The Labute approximate surface area is 355 Å². The van der Waals surface area contributed by atoms with Gasteiger partial charge in [0.1, 0.15) is 36.1 Å². The summed E-state index contributed by atoms with van der Waals surface area (Å²) in [4.78, 5) is 72.2. The van der Waals surface area contributed by atoms with Crippen LogP contribution in [0.2, 0.25) is 0 Å². The third-order valence-corrected chi connectivity index (χ3v) is 11.7. The quantitative estimate of drug-likeness (QED) is 0.0976. The number of hydrogen-bond donors (Lipinski definition) is 4. The number of carbonyl (C=O) groups excluding carboxylic acids is 4. The SMILES string of the molecule is COC(=O)N[C@H](C(=O)N1[C@@H](C)CC[C@H]1c1nc2c(ccc3cc4c(cc32)OCc2cc(-c3cnc(CN(CC(C)C)C(=O)[C@@H](NC(=O)OC)[C@@H](C)OC)[nH]3)ccc2-4)[nH]1)C(C)C. The summed E-state index contributed by atoms with van der Waals surface area (Å²) in [6.07, 6.45) is 1.37. The summed E-state index contributed by atoms with van der Waals surface area (Å²) in [7, 11) is 4.03. The first kappa shape index (κ1) is 42.9. The smallest absolute Gasteiger partial charge is 0.407 e. The van der Waals surface area contributed by atoms with E-state index in [1.165, 1.54) is 21.3 Å². The lowest BCUT2D eigenvalue weighted by molar-refractivity contribution is -0.138. The second-order valence-corrected chi connectivity index (χ2v) is 16.8. The molecule has 2 aliphatic rings. The number of aromatic nitrogens is 4. The second-order valence-electron chi connectivity index (χ2n) is 16.8. The molecule has 1 saturated heterocycles. The minimum absolute atomic E-state index is 0.0308. The molecule has 0 aliphatic carbocycles. The van der Waals surface area contributed by atoms with Crippen LogP contribution < -0.4 is 15.4 Å². The van der Waals surface area contributed by atoms with Crippen LogP contribution >= 0.6 is 0 Å². The summed E-state index contributed by atoms with van der Waals surface area (Å²) in [5, 5.41) is 7.30. The van der Waals surface area contributed by atoms with Gasteiger partial charge in [0.15, 0.2) is 0 Å². The molecular formula is C45H56N8O8. The number of nitrogens with zero attached hydrogens (tertiary/aromatic N) is 4. The van der Waals surface area contributed by atoms with Gasteiger partial charge in [-0.1, -0.05) is 45.9 Å². The number of H-pyrrole nitrogens is 2. The highest BCUT2D eigenvalue weighted by Crippen LogP contribution is 2.43. The van der Waals surface area contributed by atoms with Gasteiger partial charge in [-0.05, 0) is 84.9 Å². The minimum Gasteiger partial charge on any atom is -0.488 e. The highest BCUT2D eigenvalue weighted by molar-refractivity contribution is 6.07. The van der Waals surface area contributed by atoms with Crippen molar-refractivity contribution in [2.24, 2.45) is 11.8 Å². The van der Waals surface area contributed by atoms with E-state index in [0.717, 1.165) is 68.3 Å². The number of rotatable bonds is 13. The Morgan fingerprint density at radius 3 is 2.34 bits per heavy atom. The van der Waals surface area contributed by atoms with E-state index in [-0.39, 0.29) is 42.3 Å². The van der Waals surface area contributed by atoms with Crippen molar-refractivity contribution in [2.45, 2.75) is 97.8 Å². The van der Waals surface area contributed by atoms with Crippen molar-refractivity contribution < 1.29 is 38.1 Å². The number of benzene rings is 3. The summed E-state index contributed by atoms with van der Waals surface area (Å²) in [6, 6.07) is 12.5. The van der Waals surface area contributed by atoms with Gasteiger partial charge in [-0.2, -0.15) is 0 Å². The van der Waals surface area contributed by atoms with Crippen LogP contribution in [0.3, 0.4) is 0 Å². The number of amides is 4. The van der Waals surface area contributed by atoms with Gasteiger partial charge < -0.3 is 49.3 Å². The van der Waals surface area contributed by atoms with Gasteiger partial charge >= 0.3 is 12.2 Å².